The monoisotopic (exact) mass is 353 g/mol. The zero-order valence-corrected chi connectivity index (χ0v) is 15.3. The molecule has 3 N–H and O–H groups in total. The van der Waals surface area contributed by atoms with E-state index in [1.807, 2.05) is 18.7 Å². The summed E-state index contributed by atoms with van der Waals surface area (Å²) in [5.74, 6) is 0.00701. The van der Waals surface area contributed by atoms with Crippen LogP contribution in [0.1, 0.15) is 29.5 Å². The number of nitrogens with two attached hydrogens (primary N) is 1. The van der Waals surface area contributed by atoms with Crippen molar-refractivity contribution in [3.8, 4) is 0 Å². The molecule has 0 aliphatic carbocycles. The van der Waals surface area contributed by atoms with Crippen LogP contribution < -0.4 is 11.1 Å². The molecule has 5 nitrogen and oxygen atoms in total. The van der Waals surface area contributed by atoms with Gasteiger partial charge in [0.1, 0.15) is 0 Å². The first-order valence-corrected chi connectivity index (χ1v) is 8.33. The van der Waals surface area contributed by atoms with Crippen molar-refractivity contribution in [2.45, 2.75) is 33.1 Å². The number of amides is 2. The lowest BCUT2D eigenvalue weighted by Crippen LogP contribution is -2.46. The van der Waals surface area contributed by atoms with Crippen LogP contribution in [0.3, 0.4) is 0 Å². The number of nitrogens with zero attached hydrogens (tertiary/aromatic N) is 1. The Hall–Kier alpha value is -1.59. The van der Waals surface area contributed by atoms with Gasteiger partial charge in [0.15, 0.2) is 0 Å². The summed E-state index contributed by atoms with van der Waals surface area (Å²) >= 11 is 0. The second kappa shape index (κ2) is 9.64. The van der Waals surface area contributed by atoms with E-state index in [0.29, 0.717) is 26.1 Å². The lowest BCUT2D eigenvalue weighted by atomic mass is 9.96. The van der Waals surface area contributed by atoms with Gasteiger partial charge in [-0.2, -0.15) is 0 Å². The minimum Gasteiger partial charge on any atom is -0.355 e. The molecule has 1 saturated heterocycles. The van der Waals surface area contributed by atoms with Crippen molar-refractivity contribution in [3.63, 3.8) is 0 Å². The van der Waals surface area contributed by atoms with Crippen LogP contribution in [-0.4, -0.2) is 42.9 Å². The Bertz CT molecular complexity index is 577. The van der Waals surface area contributed by atoms with Crippen LogP contribution in [0.15, 0.2) is 18.2 Å². The third kappa shape index (κ3) is 5.49. The summed E-state index contributed by atoms with van der Waals surface area (Å²) in [6, 6.07) is 6.18. The fraction of sp³-hybridized carbons (Fsp3) is 0.556. The van der Waals surface area contributed by atoms with Gasteiger partial charge in [-0.25, -0.2) is 0 Å². The van der Waals surface area contributed by atoms with Crippen LogP contribution in [0.5, 0.6) is 0 Å². The van der Waals surface area contributed by atoms with E-state index in [9.17, 15) is 9.59 Å². The number of aryl methyl sites for hydroxylation is 2. The highest BCUT2D eigenvalue weighted by Crippen LogP contribution is 2.19. The Kier molecular flexibility index (Phi) is 8.22. The summed E-state index contributed by atoms with van der Waals surface area (Å²) in [6.07, 6.45) is 2.12. The molecule has 1 heterocycles. The number of halogens is 1. The Morgan fingerprint density at radius 2 is 2.08 bits per heavy atom. The molecule has 24 heavy (non-hydrogen) atoms. The molecular weight excluding hydrogens is 326 g/mol. The van der Waals surface area contributed by atoms with E-state index in [2.05, 4.69) is 23.5 Å². The molecule has 0 radical (unpaired) electrons. The number of benzene rings is 1. The lowest BCUT2D eigenvalue weighted by Gasteiger charge is -2.32. The number of carbonyl (C=O) groups excluding carboxylic acids is 2. The van der Waals surface area contributed by atoms with E-state index in [0.717, 1.165) is 36.1 Å². The summed E-state index contributed by atoms with van der Waals surface area (Å²) in [7, 11) is 0. The fourth-order valence-electron chi connectivity index (χ4n) is 3.02. The minimum atomic E-state index is -0.113. The molecule has 0 spiro atoms. The van der Waals surface area contributed by atoms with Gasteiger partial charge in [0.25, 0.3) is 0 Å². The van der Waals surface area contributed by atoms with Crippen molar-refractivity contribution in [2.75, 3.05) is 26.2 Å². The van der Waals surface area contributed by atoms with E-state index < -0.39 is 0 Å². The van der Waals surface area contributed by atoms with E-state index in [1.165, 1.54) is 0 Å². The van der Waals surface area contributed by atoms with Crippen LogP contribution in [0.4, 0.5) is 0 Å². The van der Waals surface area contributed by atoms with Gasteiger partial charge in [-0.15, -0.1) is 12.4 Å². The maximum Gasteiger partial charge on any atom is 0.227 e. The molecule has 2 amide bonds. The maximum absolute atomic E-state index is 12.6. The normalized spacial score (nSPS) is 17.1. The highest BCUT2D eigenvalue weighted by atomic mass is 35.5. The molecular formula is C18H28ClN3O2. The van der Waals surface area contributed by atoms with Gasteiger partial charge in [-0.1, -0.05) is 23.8 Å². The number of rotatable bonds is 5. The molecule has 1 aromatic carbocycles. The molecule has 1 unspecified atom stereocenters. The van der Waals surface area contributed by atoms with Crippen LogP contribution in [0, 0.1) is 19.8 Å². The lowest BCUT2D eigenvalue weighted by molar-refractivity contribution is -0.135. The van der Waals surface area contributed by atoms with E-state index in [4.69, 9.17) is 5.73 Å². The van der Waals surface area contributed by atoms with Crippen molar-refractivity contribution >= 4 is 24.2 Å². The van der Waals surface area contributed by atoms with Crippen molar-refractivity contribution < 1.29 is 9.59 Å². The molecule has 134 valence electrons. The first kappa shape index (κ1) is 20.5. The Morgan fingerprint density at radius 3 is 2.79 bits per heavy atom. The first-order valence-electron chi connectivity index (χ1n) is 8.33. The summed E-state index contributed by atoms with van der Waals surface area (Å²) in [5.41, 5.74) is 8.79. The van der Waals surface area contributed by atoms with Crippen LogP contribution in [-0.2, 0) is 16.0 Å². The molecule has 1 atom stereocenters. The van der Waals surface area contributed by atoms with E-state index >= 15 is 0 Å². The zero-order chi connectivity index (χ0) is 16.8. The Morgan fingerprint density at radius 1 is 1.33 bits per heavy atom. The number of likely N-dealkylation sites (tertiary alicyclic amines) is 1. The van der Waals surface area contributed by atoms with Gasteiger partial charge in [0.05, 0.1) is 12.3 Å². The van der Waals surface area contributed by atoms with Crippen molar-refractivity contribution in [2.24, 2.45) is 11.7 Å². The van der Waals surface area contributed by atoms with E-state index in [-0.39, 0.29) is 30.1 Å². The third-order valence-corrected chi connectivity index (χ3v) is 4.43. The van der Waals surface area contributed by atoms with Gasteiger partial charge >= 0.3 is 0 Å². The van der Waals surface area contributed by atoms with Gasteiger partial charge in [0, 0.05) is 26.2 Å². The summed E-state index contributed by atoms with van der Waals surface area (Å²) in [6.45, 7) is 6.25. The van der Waals surface area contributed by atoms with Crippen LogP contribution >= 0.6 is 12.4 Å². The number of hydrogen-bond acceptors (Lipinski definition) is 3. The standard InChI is InChI=1S/C18H27N3O2.ClH/c1-13-5-6-14(2)16(10-13)11-17(22)21-9-3-4-15(12-21)18(23)20-8-7-19;/h5-6,10,15H,3-4,7-9,11-12,19H2,1-2H3,(H,20,23);1H. The largest absolute Gasteiger partial charge is 0.355 e. The average molecular weight is 354 g/mol. The average Bonchev–Trinajstić information content (AvgIpc) is 2.56. The number of carbonyl (C=O) groups is 2. The van der Waals surface area contributed by atoms with Crippen molar-refractivity contribution in [1.29, 1.82) is 0 Å². The summed E-state index contributed by atoms with van der Waals surface area (Å²) in [4.78, 5) is 26.5. The Balaban J connectivity index is 0.00000288. The Labute approximate surface area is 150 Å². The zero-order valence-electron chi connectivity index (χ0n) is 14.5. The molecule has 0 bridgehead atoms. The summed E-state index contributed by atoms with van der Waals surface area (Å²) < 4.78 is 0. The first-order chi connectivity index (χ1) is 11.0. The van der Waals surface area contributed by atoms with Gasteiger partial charge < -0.3 is 16.0 Å². The second-order valence-electron chi connectivity index (χ2n) is 6.37. The number of nitrogens with one attached hydrogen (secondary N) is 1. The quantitative estimate of drug-likeness (QED) is 0.843. The number of piperidine rings is 1. The molecule has 2 rings (SSSR count). The fourth-order valence-corrected chi connectivity index (χ4v) is 3.02. The SMILES string of the molecule is Cc1ccc(C)c(CC(=O)N2CCCC(C(=O)NCCN)C2)c1.Cl. The predicted molar refractivity (Wildman–Crippen MR) is 98.2 cm³/mol. The smallest absolute Gasteiger partial charge is 0.227 e. The van der Waals surface area contributed by atoms with Gasteiger partial charge in [0.2, 0.25) is 11.8 Å². The second-order valence-corrected chi connectivity index (χ2v) is 6.37. The molecule has 0 saturated carbocycles. The van der Waals surface area contributed by atoms with Crippen molar-refractivity contribution in [3.05, 3.63) is 34.9 Å². The molecule has 1 aliphatic heterocycles. The molecule has 1 aliphatic rings. The molecule has 0 aromatic heterocycles. The van der Waals surface area contributed by atoms with Gasteiger partial charge in [-0.05, 0) is 37.8 Å². The molecule has 1 aromatic rings. The summed E-state index contributed by atoms with van der Waals surface area (Å²) in [5, 5.41) is 2.83. The van der Waals surface area contributed by atoms with Crippen LogP contribution in [0.2, 0.25) is 0 Å². The highest BCUT2D eigenvalue weighted by molar-refractivity contribution is 5.85. The highest BCUT2D eigenvalue weighted by Gasteiger charge is 2.28. The maximum atomic E-state index is 12.6. The van der Waals surface area contributed by atoms with Gasteiger partial charge in [-0.3, -0.25) is 9.59 Å². The minimum absolute atomic E-state index is 0. The molecule has 1 fully saturated rings. The third-order valence-electron chi connectivity index (χ3n) is 4.43. The van der Waals surface area contributed by atoms with E-state index in [1.54, 1.807) is 0 Å². The van der Waals surface area contributed by atoms with Crippen LogP contribution in [0.25, 0.3) is 0 Å². The van der Waals surface area contributed by atoms with Crippen molar-refractivity contribution in [1.82, 2.24) is 10.2 Å². The topological polar surface area (TPSA) is 75.4 Å². The molecule has 6 heteroatoms. The number of hydrogen-bond donors (Lipinski definition) is 2. The predicted octanol–water partition coefficient (Wildman–Crippen LogP) is 1.58.